The van der Waals surface area contributed by atoms with Crippen molar-refractivity contribution in [3.63, 3.8) is 0 Å². The number of hydrogen-bond acceptors (Lipinski definition) is 2. The van der Waals surface area contributed by atoms with Crippen molar-refractivity contribution in [2.75, 3.05) is 13.1 Å². The molecule has 1 aliphatic rings. The minimum Gasteiger partial charge on any atom is -0.299 e. The molecule has 3 heteroatoms. The standard InChI is InChI=1S/C18H25N3/c1-13-6-8-21(9-7-13)12-17-11-19-20-18(17)16-5-4-14(2)15(3)10-16/h4-5,10-11,13H,6-9,12H2,1-3H3,(H,19,20). The number of aromatic amines is 1. The van der Waals surface area contributed by atoms with Crippen molar-refractivity contribution in [2.24, 2.45) is 5.92 Å². The summed E-state index contributed by atoms with van der Waals surface area (Å²) >= 11 is 0. The van der Waals surface area contributed by atoms with Crippen LogP contribution in [-0.4, -0.2) is 28.2 Å². The summed E-state index contributed by atoms with van der Waals surface area (Å²) in [6.45, 7) is 10.1. The molecule has 0 spiro atoms. The topological polar surface area (TPSA) is 31.9 Å². The van der Waals surface area contributed by atoms with Crippen LogP contribution in [-0.2, 0) is 6.54 Å². The predicted octanol–water partition coefficient (Wildman–Crippen LogP) is 3.93. The highest BCUT2D eigenvalue weighted by molar-refractivity contribution is 5.64. The highest BCUT2D eigenvalue weighted by Crippen LogP contribution is 2.26. The van der Waals surface area contributed by atoms with E-state index < -0.39 is 0 Å². The van der Waals surface area contributed by atoms with E-state index in [2.05, 4.69) is 54.1 Å². The molecular formula is C18H25N3. The lowest BCUT2D eigenvalue weighted by Gasteiger charge is -2.30. The zero-order chi connectivity index (χ0) is 14.8. The van der Waals surface area contributed by atoms with E-state index in [1.165, 1.54) is 53.9 Å². The fraction of sp³-hybridized carbons (Fsp3) is 0.500. The maximum Gasteiger partial charge on any atom is 0.0695 e. The van der Waals surface area contributed by atoms with Gasteiger partial charge in [0.2, 0.25) is 0 Å². The Balaban J connectivity index is 1.79. The zero-order valence-corrected chi connectivity index (χ0v) is 13.3. The van der Waals surface area contributed by atoms with Crippen molar-refractivity contribution in [3.8, 4) is 11.3 Å². The predicted molar refractivity (Wildman–Crippen MR) is 87.2 cm³/mol. The summed E-state index contributed by atoms with van der Waals surface area (Å²) < 4.78 is 0. The number of aromatic nitrogens is 2. The van der Waals surface area contributed by atoms with Gasteiger partial charge in [0.1, 0.15) is 0 Å². The van der Waals surface area contributed by atoms with E-state index >= 15 is 0 Å². The lowest BCUT2D eigenvalue weighted by molar-refractivity contribution is 0.185. The highest BCUT2D eigenvalue weighted by atomic mass is 15.2. The molecule has 0 radical (unpaired) electrons. The van der Waals surface area contributed by atoms with Gasteiger partial charge in [-0.05, 0) is 62.9 Å². The molecule has 0 amide bonds. The van der Waals surface area contributed by atoms with E-state index in [1.54, 1.807) is 0 Å². The number of aryl methyl sites for hydroxylation is 2. The van der Waals surface area contributed by atoms with Crippen LogP contribution in [0.25, 0.3) is 11.3 Å². The second-order valence-corrected chi connectivity index (χ2v) is 6.53. The van der Waals surface area contributed by atoms with E-state index in [9.17, 15) is 0 Å². The molecule has 1 saturated heterocycles. The third kappa shape index (κ3) is 3.18. The fourth-order valence-electron chi connectivity index (χ4n) is 3.04. The van der Waals surface area contributed by atoms with Crippen LogP contribution < -0.4 is 0 Å². The Morgan fingerprint density at radius 2 is 1.95 bits per heavy atom. The first-order chi connectivity index (χ1) is 10.1. The number of piperidine rings is 1. The molecule has 2 aromatic rings. The van der Waals surface area contributed by atoms with Crippen LogP contribution in [0.5, 0.6) is 0 Å². The average Bonchev–Trinajstić information content (AvgIpc) is 2.92. The van der Waals surface area contributed by atoms with Crippen molar-refractivity contribution in [1.29, 1.82) is 0 Å². The number of benzene rings is 1. The Morgan fingerprint density at radius 3 is 2.67 bits per heavy atom. The van der Waals surface area contributed by atoms with Crippen molar-refractivity contribution in [2.45, 2.75) is 40.2 Å². The Labute approximate surface area is 127 Å². The van der Waals surface area contributed by atoms with Crippen LogP contribution in [0.4, 0.5) is 0 Å². The van der Waals surface area contributed by atoms with Crippen LogP contribution in [0.15, 0.2) is 24.4 Å². The molecule has 0 atom stereocenters. The first-order valence-corrected chi connectivity index (χ1v) is 7.95. The second kappa shape index (κ2) is 6.02. The highest BCUT2D eigenvalue weighted by Gasteiger charge is 2.18. The van der Waals surface area contributed by atoms with Gasteiger partial charge in [0.25, 0.3) is 0 Å². The fourth-order valence-corrected chi connectivity index (χ4v) is 3.04. The summed E-state index contributed by atoms with van der Waals surface area (Å²) in [5, 5.41) is 7.47. The Bertz CT molecular complexity index is 607. The molecule has 2 heterocycles. The van der Waals surface area contributed by atoms with E-state index in [0.717, 1.165) is 12.5 Å². The quantitative estimate of drug-likeness (QED) is 0.925. The van der Waals surface area contributed by atoms with Gasteiger partial charge in [-0.15, -0.1) is 0 Å². The van der Waals surface area contributed by atoms with Crippen molar-refractivity contribution < 1.29 is 0 Å². The number of rotatable bonds is 3. The van der Waals surface area contributed by atoms with Gasteiger partial charge in [0.15, 0.2) is 0 Å². The van der Waals surface area contributed by atoms with E-state index in [0.29, 0.717) is 0 Å². The number of likely N-dealkylation sites (tertiary alicyclic amines) is 1. The van der Waals surface area contributed by atoms with E-state index in [4.69, 9.17) is 0 Å². The molecule has 0 bridgehead atoms. The number of nitrogens with one attached hydrogen (secondary N) is 1. The lowest BCUT2D eigenvalue weighted by Crippen LogP contribution is -2.32. The van der Waals surface area contributed by atoms with Crippen LogP contribution in [0.3, 0.4) is 0 Å². The molecular weight excluding hydrogens is 258 g/mol. The van der Waals surface area contributed by atoms with Gasteiger partial charge in [0, 0.05) is 17.7 Å². The molecule has 1 aromatic carbocycles. The van der Waals surface area contributed by atoms with Gasteiger partial charge in [0.05, 0.1) is 11.9 Å². The summed E-state index contributed by atoms with van der Waals surface area (Å²) in [7, 11) is 0. The first-order valence-electron chi connectivity index (χ1n) is 7.95. The normalized spacial score (nSPS) is 17.3. The minimum absolute atomic E-state index is 0.879. The van der Waals surface area contributed by atoms with Gasteiger partial charge < -0.3 is 0 Å². The van der Waals surface area contributed by atoms with E-state index in [-0.39, 0.29) is 0 Å². The molecule has 1 N–H and O–H groups in total. The summed E-state index contributed by atoms with van der Waals surface area (Å²) in [5.41, 5.74) is 6.41. The van der Waals surface area contributed by atoms with Crippen LogP contribution >= 0.6 is 0 Å². The largest absolute Gasteiger partial charge is 0.299 e. The Morgan fingerprint density at radius 1 is 1.19 bits per heavy atom. The van der Waals surface area contributed by atoms with Gasteiger partial charge >= 0.3 is 0 Å². The summed E-state index contributed by atoms with van der Waals surface area (Å²) in [4.78, 5) is 2.55. The molecule has 0 aliphatic carbocycles. The molecule has 0 unspecified atom stereocenters. The maximum atomic E-state index is 4.28. The van der Waals surface area contributed by atoms with Crippen molar-refractivity contribution in [3.05, 3.63) is 41.1 Å². The molecule has 1 aromatic heterocycles. The van der Waals surface area contributed by atoms with Gasteiger partial charge in [-0.1, -0.05) is 19.1 Å². The third-order valence-electron chi connectivity index (χ3n) is 4.78. The Hall–Kier alpha value is -1.61. The lowest BCUT2D eigenvalue weighted by atomic mass is 9.98. The smallest absolute Gasteiger partial charge is 0.0695 e. The number of nitrogens with zero attached hydrogens (tertiary/aromatic N) is 2. The van der Waals surface area contributed by atoms with Crippen molar-refractivity contribution >= 4 is 0 Å². The second-order valence-electron chi connectivity index (χ2n) is 6.53. The van der Waals surface area contributed by atoms with Gasteiger partial charge in [-0.3, -0.25) is 10.00 Å². The Kier molecular flexibility index (Phi) is 4.11. The summed E-state index contributed by atoms with van der Waals surface area (Å²) in [5.74, 6) is 0.879. The van der Waals surface area contributed by atoms with E-state index in [1.807, 2.05) is 6.20 Å². The minimum atomic E-state index is 0.879. The summed E-state index contributed by atoms with van der Waals surface area (Å²) in [6.07, 6.45) is 4.62. The maximum absolute atomic E-state index is 4.28. The average molecular weight is 283 g/mol. The van der Waals surface area contributed by atoms with Crippen LogP contribution in [0, 0.1) is 19.8 Å². The molecule has 1 aliphatic heterocycles. The summed E-state index contributed by atoms with van der Waals surface area (Å²) in [6, 6.07) is 6.64. The molecule has 0 saturated carbocycles. The zero-order valence-electron chi connectivity index (χ0n) is 13.3. The molecule has 1 fully saturated rings. The van der Waals surface area contributed by atoms with Crippen LogP contribution in [0.1, 0.15) is 36.5 Å². The third-order valence-corrected chi connectivity index (χ3v) is 4.78. The van der Waals surface area contributed by atoms with Crippen molar-refractivity contribution in [1.82, 2.24) is 15.1 Å². The first kappa shape index (κ1) is 14.3. The molecule has 3 nitrogen and oxygen atoms in total. The monoisotopic (exact) mass is 283 g/mol. The van der Waals surface area contributed by atoms with Gasteiger partial charge in [-0.25, -0.2) is 0 Å². The number of H-pyrrole nitrogens is 1. The molecule has 3 rings (SSSR count). The molecule has 112 valence electrons. The number of hydrogen-bond donors (Lipinski definition) is 1. The van der Waals surface area contributed by atoms with Crippen LogP contribution in [0.2, 0.25) is 0 Å². The SMILES string of the molecule is Cc1ccc(-c2[nH]ncc2CN2CCC(C)CC2)cc1C. The van der Waals surface area contributed by atoms with Gasteiger partial charge in [-0.2, -0.15) is 5.10 Å². The molecule has 21 heavy (non-hydrogen) atoms.